The number of carbonyl (C=O) groups excluding carboxylic acids is 1. The van der Waals surface area contributed by atoms with E-state index in [1.165, 1.54) is 11.8 Å². The normalized spacial score (nSPS) is 11.0. The van der Waals surface area contributed by atoms with Crippen LogP contribution in [0.5, 0.6) is 5.75 Å². The van der Waals surface area contributed by atoms with Crippen LogP contribution in [0.25, 0.3) is 16.7 Å². The summed E-state index contributed by atoms with van der Waals surface area (Å²) in [6.07, 6.45) is 0. The van der Waals surface area contributed by atoms with Crippen molar-refractivity contribution in [1.29, 1.82) is 0 Å². The van der Waals surface area contributed by atoms with Crippen LogP contribution in [0.15, 0.2) is 58.1 Å². The van der Waals surface area contributed by atoms with Gasteiger partial charge in [0.05, 0.1) is 12.3 Å². The first-order valence-electron chi connectivity index (χ1n) is 8.55. The Bertz CT molecular complexity index is 1120. The molecule has 0 saturated carbocycles. The van der Waals surface area contributed by atoms with E-state index < -0.39 is 5.97 Å². The number of hydrogen-bond donors (Lipinski definition) is 1. The third-order valence-corrected chi connectivity index (χ3v) is 4.99. The molecular weight excluding hydrogens is 380 g/mol. The molecule has 2 aromatic carbocycles. The zero-order chi connectivity index (χ0) is 19.5. The van der Waals surface area contributed by atoms with E-state index in [1.807, 2.05) is 24.3 Å². The van der Waals surface area contributed by atoms with Crippen molar-refractivity contribution in [2.45, 2.75) is 17.8 Å². The highest BCUT2D eigenvalue weighted by molar-refractivity contribution is 7.98. The number of furan rings is 1. The van der Waals surface area contributed by atoms with E-state index in [-0.39, 0.29) is 18.1 Å². The maximum absolute atomic E-state index is 12.3. The van der Waals surface area contributed by atoms with Gasteiger partial charge in [-0.1, -0.05) is 30.0 Å². The number of tetrazole rings is 1. The first-order chi connectivity index (χ1) is 13.7. The van der Waals surface area contributed by atoms with Crippen molar-refractivity contribution in [2.24, 2.45) is 0 Å². The molecule has 0 aliphatic rings. The summed E-state index contributed by atoms with van der Waals surface area (Å²) in [5.41, 5.74) is 2.08. The number of esters is 1. The van der Waals surface area contributed by atoms with Crippen LogP contribution in [0.4, 0.5) is 0 Å². The maximum atomic E-state index is 12.3. The Morgan fingerprint density at radius 1 is 1.21 bits per heavy atom. The monoisotopic (exact) mass is 396 g/mol. The first-order valence-corrected chi connectivity index (χ1v) is 9.54. The standard InChI is InChI=1S/C19H16N4O4S/c1-2-26-18(25)17-15(14-5-3-4-6-16(14)27-17)11-28-19-20-21-22-23(19)12-7-9-13(24)10-8-12/h3-10,24H,2,11H2,1H3. The Morgan fingerprint density at radius 3 is 2.79 bits per heavy atom. The molecular formula is C19H16N4O4S. The molecule has 2 aromatic heterocycles. The number of thioether (sulfide) groups is 1. The van der Waals surface area contributed by atoms with E-state index >= 15 is 0 Å². The molecule has 0 spiro atoms. The minimum Gasteiger partial charge on any atom is -0.508 e. The molecule has 0 aliphatic carbocycles. The van der Waals surface area contributed by atoms with Crippen molar-refractivity contribution >= 4 is 28.7 Å². The largest absolute Gasteiger partial charge is 0.508 e. The second-order valence-electron chi connectivity index (χ2n) is 5.80. The summed E-state index contributed by atoms with van der Waals surface area (Å²) in [5.74, 6) is 0.283. The molecule has 4 rings (SSSR count). The number of aromatic nitrogens is 4. The van der Waals surface area contributed by atoms with E-state index in [2.05, 4.69) is 15.5 Å². The molecule has 0 radical (unpaired) electrons. The highest BCUT2D eigenvalue weighted by Gasteiger charge is 2.22. The van der Waals surface area contributed by atoms with Crippen molar-refractivity contribution in [3.8, 4) is 11.4 Å². The SMILES string of the molecule is CCOC(=O)c1oc2ccccc2c1CSc1nnnn1-c1ccc(O)cc1. The Morgan fingerprint density at radius 2 is 2.00 bits per heavy atom. The molecule has 142 valence electrons. The second-order valence-corrected chi connectivity index (χ2v) is 6.75. The lowest BCUT2D eigenvalue weighted by atomic mass is 10.1. The van der Waals surface area contributed by atoms with Gasteiger partial charge in [-0.25, -0.2) is 4.79 Å². The maximum Gasteiger partial charge on any atom is 0.374 e. The predicted molar refractivity (Wildman–Crippen MR) is 103 cm³/mol. The number of phenols is 1. The minimum absolute atomic E-state index is 0.162. The topological polar surface area (TPSA) is 103 Å². The van der Waals surface area contributed by atoms with E-state index in [0.29, 0.717) is 22.2 Å². The van der Waals surface area contributed by atoms with Crippen LogP contribution in [0.2, 0.25) is 0 Å². The van der Waals surface area contributed by atoms with Crippen molar-refractivity contribution in [2.75, 3.05) is 6.61 Å². The molecule has 9 heteroatoms. The molecule has 0 aliphatic heterocycles. The summed E-state index contributed by atoms with van der Waals surface area (Å²) in [6, 6.07) is 14.0. The molecule has 2 heterocycles. The molecule has 4 aromatic rings. The number of phenolic OH excluding ortho intramolecular Hbond substituents is 1. The predicted octanol–water partition coefficient (Wildman–Crippen LogP) is 3.58. The van der Waals surface area contributed by atoms with Crippen LogP contribution in [0.1, 0.15) is 23.0 Å². The minimum atomic E-state index is -0.493. The van der Waals surface area contributed by atoms with E-state index in [4.69, 9.17) is 9.15 Å². The van der Waals surface area contributed by atoms with Crippen LogP contribution in [-0.4, -0.2) is 37.9 Å². The van der Waals surface area contributed by atoms with Crippen LogP contribution in [0, 0.1) is 0 Å². The molecule has 0 saturated heterocycles. The average molecular weight is 396 g/mol. The van der Waals surface area contributed by atoms with Gasteiger partial charge in [0.15, 0.2) is 0 Å². The molecule has 0 atom stereocenters. The summed E-state index contributed by atoms with van der Waals surface area (Å²) in [7, 11) is 0. The second kappa shape index (κ2) is 7.73. The van der Waals surface area contributed by atoms with Gasteiger partial charge in [-0.15, -0.1) is 5.10 Å². The van der Waals surface area contributed by atoms with Gasteiger partial charge in [-0.2, -0.15) is 4.68 Å². The fraction of sp³-hybridized carbons (Fsp3) is 0.158. The molecule has 0 amide bonds. The summed E-state index contributed by atoms with van der Waals surface area (Å²) < 4.78 is 12.4. The lowest BCUT2D eigenvalue weighted by molar-refractivity contribution is 0.0491. The van der Waals surface area contributed by atoms with Gasteiger partial charge >= 0.3 is 5.97 Å². The number of benzene rings is 2. The quantitative estimate of drug-likeness (QED) is 0.390. The molecule has 0 unspecified atom stereocenters. The third kappa shape index (κ3) is 3.44. The lowest BCUT2D eigenvalue weighted by Gasteiger charge is -2.05. The fourth-order valence-corrected chi connectivity index (χ4v) is 3.68. The van der Waals surface area contributed by atoms with Crippen molar-refractivity contribution < 1.29 is 19.1 Å². The van der Waals surface area contributed by atoms with Crippen LogP contribution < -0.4 is 0 Å². The Balaban J connectivity index is 1.65. The number of nitrogens with zero attached hydrogens (tertiary/aromatic N) is 4. The van der Waals surface area contributed by atoms with Crippen molar-refractivity contribution in [3.63, 3.8) is 0 Å². The Labute approximate surface area is 164 Å². The lowest BCUT2D eigenvalue weighted by Crippen LogP contribution is -2.06. The molecule has 28 heavy (non-hydrogen) atoms. The third-order valence-electron chi connectivity index (χ3n) is 4.04. The van der Waals surface area contributed by atoms with Gasteiger partial charge in [-0.3, -0.25) is 0 Å². The van der Waals surface area contributed by atoms with Gasteiger partial charge < -0.3 is 14.3 Å². The summed E-state index contributed by atoms with van der Waals surface area (Å²) in [5, 5.41) is 22.7. The van der Waals surface area contributed by atoms with Gasteiger partial charge in [-0.05, 0) is 47.7 Å². The summed E-state index contributed by atoms with van der Waals surface area (Å²) in [4.78, 5) is 12.3. The number of aromatic hydroxyl groups is 1. The van der Waals surface area contributed by atoms with Gasteiger partial charge in [0.2, 0.25) is 10.9 Å². The molecule has 8 nitrogen and oxygen atoms in total. The molecule has 0 fully saturated rings. The van der Waals surface area contributed by atoms with E-state index in [9.17, 15) is 9.90 Å². The fourth-order valence-electron chi connectivity index (χ4n) is 2.77. The number of fused-ring (bicyclic) bond motifs is 1. The number of ether oxygens (including phenoxy) is 1. The number of carbonyl (C=O) groups is 1. The van der Waals surface area contributed by atoms with Crippen LogP contribution in [-0.2, 0) is 10.5 Å². The summed E-state index contributed by atoms with van der Waals surface area (Å²) >= 11 is 1.37. The first kappa shape index (κ1) is 18.1. The van der Waals surface area contributed by atoms with Crippen molar-refractivity contribution in [1.82, 2.24) is 20.2 Å². The Kier molecular flexibility index (Phi) is 4.98. The highest BCUT2D eigenvalue weighted by atomic mass is 32.2. The van der Waals surface area contributed by atoms with Gasteiger partial charge in [0.25, 0.3) is 0 Å². The number of hydrogen-bond acceptors (Lipinski definition) is 8. The van der Waals surface area contributed by atoms with E-state index in [0.717, 1.165) is 10.9 Å². The number of para-hydroxylation sites is 1. The summed E-state index contributed by atoms with van der Waals surface area (Å²) in [6.45, 7) is 2.02. The zero-order valence-corrected chi connectivity index (χ0v) is 15.7. The highest BCUT2D eigenvalue weighted by Crippen LogP contribution is 2.32. The smallest absolute Gasteiger partial charge is 0.374 e. The average Bonchev–Trinajstić information content (AvgIpc) is 3.31. The van der Waals surface area contributed by atoms with Gasteiger partial charge in [0, 0.05) is 16.7 Å². The Hall–Kier alpha value is -3.33. The van der Waals surface area contributed by atoms with Crippen molar-refractivity contribution in [3.05, 3.63) is 59.9 Å². The van der Waals surface area contributed by atoms with Crippen LogP contribution in [0.3, 0.4) is 0 Å². The van der Waals surface area contributed by atoms with Gasteiger partial charge in [0.1, 0.15) is 11.3 Å². The zero-order valence-electron chi connectivity index (χ0n) is 14.9. The number of rotatable bonds is 6. The van der Waals surface area contributed by atoms with Crippen LogP contribution >= 0.6 is 11.8 Å². The van der Waals surface area contributed by atoms with E-state index in [1.54, 1.807) is 35.9 Å². The molecule has 0 bridgehead atoms. The molecule has 1 N–H and O–H groups in total.